The van der Waals surface area contributed by atoms with Gasteiger partial charge in [-0.05, 0) is 44.2 Å². The number of aliphatic carboxylic acids is 2. The van der Waals surface area contributed by atoms with Crippen molar-refractivity contribution < 1.29 is 24.6 Å². The number of carbonyl (C=O) groups is 3. The molecule has 0 aliphatic heterocycles. The smallest absolute Gasteiger partial charge is 0.320 e. The van der Waals surface area contributed by atoms with E-state index in [4.69, 9.17) is 15.7 Å². The lowest BCUT2D eigenvalue weighted by Gasteiger charge is -2.12. The second kappa shape index (κ2) is 19.2. The summed E-state index contributed by atoms with van der Waals surface area (Å²) >= 11 is 0. The van der Waals surface area contributed by atoms with Crippen LogP contribution in [0.4, 0.5) is 0 Å². The number of carbonyl (C=O) groups excluding carboxylic acids is 1. The van der Waals surface area contributed by atoms with Gasteiger partial charge >= 0.3 is 11.9 Å². The van der Waals surface area contributed by atoms with Crippen LogP contribution in [0.5, 0.6) is 0 Å². The Balaban J connectivity index is 3.44. The summed E-state index contributed by atoms with van der Waals surface area (Å²) in [5.74, 6) is -1.49. The van der Waals surface area contributed by atoms with Gasteiger partial charge in [0.1, 0.15) is 11.8 Å². The normalized spacial score (nSPS) is 11.6. The molecular formula is C20H36N4O5. The van der Waals surface area contributed by atoms with Crippen LogP contribution in [0, 0.1) is 0 Å². The van der Waals surface area contributed by atoms with E-state index in [0.29, 0.717) is 38.6 Å². The number of azide groups is 1. The van der Waals surface area contributed by atoms with Crippen molar-refractivity contribution in [1.82, 2.24) is 5.32 Å². The predicted molar refractivity (Wildman–Crippen MR) is 111 cm³/mol. The second-order valence-electron chi connectivity index (χ2n) is 7.31. The van der Waals surface area contributed by atoms with Gasteiger partial charge in [-0.2, -0.15) is 0 Å². The van der Waals surface area contributed by atoms with E-state index in [-0.39, 0.29) is 18.7 Å². The first-order valence-electron chi connectivity index (χ1n) is 10.7. The summed E-state index contributed by atoms with van der Waals surface area (Å²) in [5, 5.41) is 24.0. The lowest BCUT2D eigenvalue weighted by molar-refractivity contribution is -0.139. The molecule has 0 saturated carbocycles. The SMILES string of the molecule is [N-]=[N+]=NCCC(NCCCCCCCCCCC(=O)CCCCC(=O)O)C(=O)O. The first-order chi connectivity index (χ1) is 14.0. The molecule has 0 fully saturated rings. The molecule has 0 spiro atoms. The molecular weight excluding hydrogens is 376 g/mol. The quantitative estimate of drug-likeness (QED) is 0.109. The Bertz CT molecular complexity index is 521. The average molecular weight is 413 g/mol. The van der Waals surface area contributed by atoms with Crippen molar-refractivity contribution in [3.63, 3.8) is 0 Å². The second-order valence-corrected chi connectivity index (χ2v) is 7.31. The van der Waals surface area contributed by atoms with Gasteiger partial charge < -0.3 is 15.5 Å². The van der Waals surface area contributed by atoms with Crippen molar-refractivity contribution in [3.05, 3.63) is 10.4 Å². The molecule has 0 aromatic rings. The van der Waals surface area contributed by atoms with E-state index in [1.54, 1.807) is 0 Å². The Morgan fingerprint density at radius 1 is 0.828 bits per heavy atom. The highest BCUT2D eigenvalue weighted by molar-refractivity contribution is 5.78. The molecule has 0 rings (SSSR count). The van der Waals surface area contributed by atoms with E-state index in [9.17, 15) is 14.4 Å². The maximum absolute atomic E-state index is 11.7. The van der Waals surface area contributed by atoms with E-state index >= 15 is 0 Å². The summed E-state index contributed by atoms with van der Waals surface area (Å²) in [6.45, 7) is 0.818. The minimum Gasteiger partial charge on any atom is -0.481 e. The lowest BCUT2D eigenvalue weighted by Crippen LogP contribution is -2.37. The molecule has 9 nitrogen and oxygen atoms in total. The average Bonchev–Trinajstić information content (AvgIpc) is 2.67. The lowest BCUT2D eigenvalue weighted by atomic mass is 10.0. The number of hydrogen-bond acceptors (Lipinski definition) is 5. The third-order valence-corrected chi connectivity index (χ3v) is 4.75. The largest absolute Gasteiger partial charge is 0.481 e. The van der Waals surface area contributed by atoms with Gasteiger partial charge in [-0.25, -0.2) is 0 Å². The zero-order chi connectivity index (χ0) is 21.7. The van der Waals surface area contributed by atoms with Crippen LogP contribution < -0.4 is 5.32 Å². The zero-order valence-electron chi connectivity index (χ0n) is 17.4. The number of rotatable bonds is 21. The molecule has 29 heavy (non-hydrogen) atoms. The van der Waals surface area contributed by atoms with Crippen LogP contribution in [0.2, 0.25) is 0 Å². The molecule has 0 saturated heterocycles. The number of ketones is 1. The Labute approximate surface area is 172 Å². The van der Waals surface area contributed by atoms with Crippen molar-refractivity contribution in [1.29, 1.82) is 0 Å². The summed E-state index contributed by atoms with van der Waals surface area (Å²) in [6.07, 6.45) is 11.2. The maximum Gasteiger partial charge on any atom is 0.320 e. The minimum atomic E-state index is -0.920. The number of nitrogens with one attached hydrogen (secondary N) is 1. The number of Topliss-reactive ketones (excluding diaryl/α,β-unsaturated/α-hetero) is 1. The molecule has 0 aliphatic rings. The van der Waals surface area contributed by atoms with Crippen LogP contribution in [-0.2, 0) is 14.4 Å². The van der Waals surface area contributed by atoms with Crippen molar-refractivity contribution in [2.45, 2.75) is 95.9 Å². The van der Waals surface area contributed by atoms with Crippen LogP contribution in [0.15, 0.2) is 5.11 Å². The van der Waals surface area contributed by atoms with Gasteiger partial charge in [0.05, 0.1) is 0 Å². The van der Waals surface area contributed by atoms with Gasteiger partial charge in [-0.15, -0.1) is 0 Å². The van der Waals surface area contributed by atoms with Crippen molar-refractivity contribution in [3.8, 4) is 0 Å². The van der Waals surface area contributed by atoms with Crippen LogP contribution in [0.25, 0.3) is 10.4 Å². The Kier molecular flexibility index (Phi) is 17.8. The molecule has 0 heterocycles. The van der Waals surface area contributed by atoms with Gasteiger partial charge in [-0.1, -0.05) is 43.6 Å². The van der Waals surface area contributed by atoms with Crippen molar-refractivity contribution in [2.24, 2.45) is 5.11 Å². The van der Waals surface area contributed by atoms with E-state index in [0.717, 1.165) is 51.4 Å². The molecule has 0 aliphatic carbocycles. The summed E-state index contributed by atoms with van der Waals surface area (Å²) in [6, 6.07) is -0.666. The summed E-state index contributed by atoms with van der Waals surface area (Å²) in [7, 11) is 0. The Morgan fingerprint density at radius 2 is 1.34 bits per heavy atom. The number of carboxylic acid groups (broad SMARTS) is 2. The summed E-state index contributed by atoms with van der Waals surface area (Å²) < 4.78 is 0. The molecule has 0 bridgehead atoms. The zero-order valence-corrected chi connectivity index (χ0v) is 17.4. The molecule has 0 aromatic heterocycles. The topological polar surface area (TPSA) is 152 Å². The maximum atomic E-state index is 11.7. The van der Waals surface area contributed by atoms with Crippen LogP contribution >= 0.6 is 0 Å². The molecule has 0 radical (unpaired) electrons. The van der Waals surface area contributed by atoms with Crippen LogP contribution in [0.3, 0.4) is 0 Å². The van der Waals surface area contributed by atoms with Crippen LogP contribution in [0.1, 0.15) is 89.9 Å². The first kappa shape index (κ1) is 26.9. The summed E-state index contributed by atoms with van der Waals surface area (Å²) in [4.78, 5) is 35.8. The number of unbranched alkanes of at least 4 members (excludes halogenated alkanes) is 8. The molecule has 0 aromatic carbocycles. The van der Waals surface area contributed by atoms with Gasteiger partial charge in [0.25, 0.3) is 0 Å². The van der Waals surface area contributed by atoms with E-state index in [1.807, 2.05) is 0 Å². The first-order valence-corrected chi connectivity index (χ1v) is 10.7. The third-order valence-electron chi connectivity index (χ3n) is 4.75. The van der Waals surface area contributed by atoms with E-state index < -0.39 is 18.0 Å². The fourth-order valence-electron chi connectivity index (χ4n) is 3.05. The number of carboxylic acids is 2. The fraction of sp³-hybridized carbons (Fsp3) is 0.850. The minimum absolute atomic E-state index is 0.140. The Hall–Kier alpha value is -2.12. The summed E-state index contributed by atoms with van der Waals surface area (Å²) in [5.41, 5.74) is 8.22. The number of hydrogen-bond donors (Lipinski definition) is 3. The fourth-order valence-corrected chi connectivity index (χ4v) is 3.05. The highest BCUT2D eigenvalue weighted by Crippen LogP contribution is 2.11. The molecule has 1 unspecified atom stereocenters. The number of nitrogens with zero attached hydrogens (tertiary/aromatic N) is 3. The van der Waals surface area contributed by atoms with Gasteiger partial charge in [-0.3, -0.25) is 14.4 Å². The van der Waals surface area contributed by atoms with E-state index in [2.05, 4.69) is 15.3 Å². The van der Waals surface area contributed by atoms with Crippen molar-refractivity contribution >= 4 is 17.7 Å². The predicted octanol–water partition coefficient (Wildman–Crippen LogP) is 4.45. The van der Waals surface area contributed by atoms with Crippen LogP contribution in [-0.4, -0.2) is 47.1 Å². The molecule has 1 atom stereocenters. The van der Waals surface area contributed by atoms with Gasteiger partial charge in [0.15, 0.2) is 0 Å². The van der Waals surface area contributed by atoms with Gasteiger partial charge in [0, 0.05) is 30.7 Å². The molecule has 166 valence electrons. The highest BCUT2D eigenvalue weighted by Gasteiger charge is 2.15. The Morgan fingerprint density at radius 3 is 1.90 bits per heavy atom. The standard InChI is InChI=1S/C20H36N4O5/c21-24-23-16-14-18(20(28)29)22-15-10-6-4-2-1-3-5-7-11-17(25)12-8-9-13-19(26)27/h18,22H,1-16H2,(H,26,27)(H,28,29). The molecule has 9 heteroatoms. The van der Waals surface area contributed by atoms with E-state index in [1.165, 1.54) is 0 Å². The highest BCUT2D eigenvalue weighted by atomic mass is 16.4. The van der Waals surface area contributed by atoms with Crippen molar-refractivity contribution in [2.75, 3.05) is 13.1 Å². The molecule has 3 N–H and O–H groups in total. The third kappa shape index (κ3) is 19.0. The monoisotopic (exact) mass is 412 g/mol. The van der Waals surface area contributed by atoms with Gasteiger partial charge in [0.2, 0.25) is 0 Å². The molecule has 0 amide bonds.